The predicted molar refractivity (Wildman–Crippen MR) is 61.2 cm³/mol. The van der Waals surface area contributed by atoms with E-state index in [0.29, 0.717) is 12.1 Å². The number of hydrogen-bond donors (Lipinski definition) is 1. The Labute approximate surface area is 101 Å². The highest BCUT2D eigenvalue weighted by Crippen LogP contribution is 2.34. The van der Waals surface area contributed by atoms with Crippen LogP contribution in [0.2, 0.25) is 0 Å². The lowest BCUT2D eigenvalue weighted by Gasteiger charge is -2.13. The van der Waals surface area contributed by atoms with Crippen LogP contribution >= 0.6 is 12.4 Å². The van der Waals surface area contributed by atoms with E-state index in [9.17, 15) is 0 Å². The number of rotatable bonds is 3. The molecule has 0 aromatic carbocycles. The molecule has 1 aromatic rings. The van der Waals surface area contributed by atoms with Crippen LogP contribution in [-0.4, -0.2) is 44.2 Å². The maximum Gasteiger partial charge on any atom is 0.165 e. The summed E-state index contributed by atoms with van der Waals surface area (Å²) in [6, 6.07) is 0.890. The first-order valence-corrected chi connectivity index (χ1v) is 5.57. The van der Waals surface area contributed by atoms with E-state index >= 15 is 0 Å². The summed E-state index contributed by atoms with van der Waals surface area (Å²) in [6.45, 7) is 2.88. The molecule has 7 heteroatoms. The van der Waals surface area contributed by atoms with Crippen LogP contribution < -0.4 is 5.73 Å². The zero-order valence-electron chi connectivity index (χ0n) is 9.12. The van der Waals surface area contributed by atoms with Gasteiger partial charge in [-0.25, -0.2) is 4.68 Å². The second-order valence-corrected chi connectivity index (χ2v) is 4.55. The molecule has 0 radical (unpaired) electrons. The standard InChI is InChI=1S/C9H16N6.ClH/c10-7-3-4-14(5-7)6-9-11-12-13-15(9)8-1-2-8;/h7-8H,1-6,10H2;1H. The van der Waals surface area contributed by atoms with Crippen molar-refractivity contribution in [2.24, 2.45) is 5.73 Å². The molecule has 0 bridgehead atoms. The van der Waals surface area contributed by atoms with Crippen molar-refractivity contribution in [1.29, 1.82) is 0 Å². The summed E-state index contributed by atoms with van der Waals surface area (Å²) in [6.07, 6.45) is 3.53. The highest BCUT2D eigenvalue weighted by atomic mass is 35.5. The third-order valence-electron chi connectivity index (χ3n) is 3.13. The summed E-state index contributed by atoms with van der Waals surface area (Å²) in [5, 5.41) is 11.9. The van der Waals surface area contributed by atoms with Crippen LogP contribution in [0.1, 0.15) is 31.1 Å². The first-order valence-electron chi connectivity index (χ1n) is 5.57. The number of hydrogen-bond acceptors (Lipinski definition) is 5. The molecule has 0 amide bonds. The number of nitrogens with zero attached hydrogens (tertiary/aromatic N) is 5. The van der Waals surface area contributed by atoms with E-state index in [1.165, 1.54) is 12.8 Å². The van der Waals surface area contributed by atoms with Gasteiger partial charge < -0.3 is 5.73 Å². The molecule has 1 atom stereocenters. The molecular formula is C9H17ClN6. The van der Waals surface area contributed by atoms with Gasteiger partial charge in [0.1, 0.15) is 0 Å². The lowest BCUT2D eigenvalue weighted by atomic mass is 10.3. The van der Waals surface area contributed by atoms with Gasteiger partial charge in [-0.2, -0.15) is 0 Å². The fourth-order valence-electron chi connectivity index (χ4n) is 2.13. The van der Waals surface area contributed by atoms with E-state index in [1.807, 2.05) is 4.68 Å². The van der Waals surface area contributed by atoms with E-state index in [2.05, 4.69) is 20.4 Å². The average Bonchev–Trinajstić information content (AvgIpc) is 2.83. The fourth-order valence-corrected chi connectivity index (χ4v) is 2.13. The SMILES string of the molecule is Cl.NC1CCN(Cc2nnnn2C2CC2)C1. The van der Waals surface area contributed by atoms with Crippen LogP contribution in [0.3, 0.4) is 0 Å². The molecule has 1 aliphatic carbocycles. The van der Waals surface area contributed by atoms with E-state index in [4.69, 9.17) is 5.73 Å². The molecule has 2 fully saturated rings. The molecule has 16 heavy (non-hydrogen) atoms. The minimum atomic E-state index is 0. The summed E-state index contributed by atoms with van der Waals surface area (Å²) in [5.74, 6) is 0.992. The minimum Gasteiger partial charge on any atom is -0.326 e. The molecule has 1 saturated carbocycles. The van der Waals surface area contributed by atoms with Crippen molar-refractivity contribution in [3.05, 3.63) is 5.82 Å². The van der Waals surface area contributed by atoms with Crippen molar-refractivity contribution in [1.82, 2.24) is 25.1 Å². The first kappa shape index (κ1) is 11.8. The summed E-state index contributed by atoms with van der Waals surface area (Å²) < 4.78 is 1.98. The number of likely N-dealkylation sites (tertiary alicyclic amines) is 1. The lowest BCUT2D eigenvalue weighted by molar-refractivity contribution is 0.309. The van der Waals surface area contributed by atoms with Gasteiger partial charge in [0, 0.05) is 19.1 Å². The van der Waals surface area contributed by atoms with E-state index in [0.717, 1.165) is 31.9 Å². The smallest absolute Gasteiger partial charge is 0.165 e. The van der Waals surface area contributed by atoms with Crippen molar-refractivity contribution in [2.45, 2.75) is 37.9 Å². The Morgan fingerprint density at radius 2 is 2.12 bits per heavy atom. The normalized spacial score (nSPS) is 25.7. The Morgan fingerprint density at radius 3 is 2.75 bits per heavy atom. The Morgan fingerprint density at radius 1 is 1.31 bits per heavy atom. The van der Waals surface area contributed by atoms with Gasteiger partial charge >= 0.3 is 0 Å². The summed E-state index contributed by atoms with van der Waals surface area (Å²) in [5.41, 5.74) is 5.86. The number of halogens is 1. The summed E-state index contributed by atoms with van der Waals surface area (Å²) >= 11 is 0. The van der Waals surface area contributed by atoms with E-state index in [-0.39, 0.29) is 12.4 Å². The third kappa shape index (κ3) is 2.34. The third-order valence-corrected chi connectivity index (χ3v) is 3.13. The van der Waals surface area contributed by atoms with Crippen molar-refractivity contribution >= 4 is 12.4 Å². The largest absolute Gasteiger partial charge is 0.326 e. The molecule has 1 aromatic heterocycles. The van der Waals surface area contributed by atoms with Crippen LogP contribution in [0.4, 0.5) is 0 Å². The van der Waals surface area contributed by atoms with Crippen LogP contribution in [0.25, 0.3) is 0 Å². The Bertz CT molecular complexity index is 350. The van der Waals surface area contributed by atoms with Crippen molar-refractivity contribution in [2.75, 3.05) is 13.1 Å². The van der Waals surface area contributed by atoms with Crippen LogP contribution in [-0.2, 0) is 6.54 Å². The maximum atomic E-state index is 5.86. The van der Waals surface area contributed by atoms with Gasteiger partial charge in [-0.3, -0.25) is 4.90 Å². The van der Waals surface area contributed by atoms with Gasteiger partial charge in [-0.1, -0.05) is 0 Å². The lowest BCUT2D eigenvalue weighted by Crippen LogP contribution is -2.27. The topological polar surface area (TPSA) is 72.9 Å². The van der Waals surface area contributed by atoms with Gasteiger partial charge in [-0.15, -0.1) is 17.5 Å². The quantitative estimate of drug-likeness (QED) is 0.808. The monoisotopic (exact) mass is 244 g/mol. The molecule has 3 rings (SSSR count). The molecule has 2 N–H and O–H groups in total. The Kier molecular flexibility index (Phi) is 3.41. The molecule has 0 spiro atoms. The predicted octanol–water partition coefficient (Wildman–Crippen LogP) is -0.0372. The average molecular weight is 245 g/mol. The van der Waals surface area contributed by atoms with E-state index < -0.39 is 0 Å². The van der Waals surface area contributed by atoms with Gasteiger partial charge in [0.15, 0.2) is 5.82 Å². The number of nitrogens with two attached hydrogens (primary N) is 1. The zero-order valence-corrected chi connectivity index (χ0v) is 9.94. The first-order chi connectivity index (χ1) is 7.33. The molecule has 2 heterocycles. The highest BCUT2D eigenvalue weighted by Gasteiger charge is 2.29. The molecule has 1 saturated heterocycles. The Hall–Kier alpha value is -0.720. The zero-order chi connectivity index (χ0) is 10.3. The fraction of sp³-hybridized carbons (Fsp3) is 0.889. The van der Waals surface area contributed by atoms with Crippen LogP contribution in [0.5, 0.6) is 0 Å². The second-order valence-electron chi connectivity index (χ2n) is 4.55. The maximum absolute atomic E-state index is 5.86. The van der Waals surface area contributed by atoms with Gasteiger partial charge in [-0.05, 0) is 29.7 Å². The van der Waals surface area contributed by atoms with E-state index in [1.54, 1.807) is 0 Å². The van der Waals surface area contributed by atoms with Crippen molar-refractivity contribution in [3.8, 4) is 0 Å². The molecule has 1 aliphatic heterocycles. The van der Waals surface area contributed by atoms with Gasteiger partial charge in [0.25, 0.3) is 0 Å². The minimum absolute atomic E-state index is 0. The molecule has 1 unspecified atom stereocenters. The summed E-state index contributed by atoms with van der Waals surface area (Å²) in [7, 11) is 0. The Balaban J connectivity index is 0.000000963. The van der Waals surface area contributed by atoms with Crippen LogP contribution in [0, 0.1) is 0 Å². The molecule has 2 aliphatic rings. The number of tetrazole rings is 1. The second kappa shape index (κ2) is 4.65. The van der Waals surface area contributed by atoms with Gasteiger partial charge in [0.2, 0.25) is 0 Å². The summed E-state index contributed by atoms with van der Waals surface area (Å²) in [4.78, 5) is 2.33. The number of aromatic nitrogens is 4. The van der Waals surface area contributed by atoms with Crippen molar-refractivity contribution in [3.63, 3.8) is 0 Å². The highest BCUT2D eigenvalue weighted by molar-refractivity contribution is 5.85. The molecule has 6 nitrogen and oxygen atoms in total. The molecule has 90 valence electrons. The van der Waals surface area contributed by atoms with Gasteiger partial charge in [0.05, 0.1) is 12.6 Å². The van der Waals surface area contributed by atoms with Crippen LogP contribution in [0.15, 0.2) is 0 Å². The van der Waals surface area contributed by atoms with Crippen molar-refractivity contribution < 1.29 is 0 Å². The molecular weight excluding hydrogens is 228 g/mol.